The Kier molecular flexibility index (Phi) is 5.11. The van der Waals surface area contributed by atoms with Crippen LogP contribution in [0.1, 0.15) is 19.5 Å². The standard InChI is InChI=1S/C18H23N7O2/c1-5-12-14-15(25(4)24-12)17(26)23-16(22-14)11-9-10(21-18(19)20-3)7-8-13(11)27-6-2/h7-9H,5-6H2,1-4H3,(H3,19,20,21)(H,22,23,26). The third-order valence-corrected chi connectivity index (χ3v) is 4.15. The van der Waals surface area contributed by atoms with E-state index < -0.39 is 0 Å². The number of nitrogens with zero attached hydrogens (tertiary/aromatic N) is 4. The molecule has 142 valence electrons. The zero-order valence-electron chi connectivity index (χ0n) is 15.8. The van der Waals surface area contributed by atoms with Gasteiger partial charge in [0.15, 0.2) is 11.5 Å². The van der Waals surface area contributed by atoms with Gasteiger partial charge in [-0.2, -0.15) is 5.10 Å². The van der Waals surface area contributed by atoms with Crippen LogP contribution in [0.2, 0.25) is 0 Å². The summed E-state index contributed by atoms with van der Waals surface area (Å²) in [5.74, 6) is 1.30. The van der Waals surface area contributed by atoms with Gasteiger partial charge in [0, 0.05) is 19.8 Å². The maximum absolute atomic E-state index is 12.6. The van der Waals surface area contributed by atoms with Crippen molar-refractivity contribution in [2.45, 2.75) is 20.3 Å². The Morgan fingerprint density at radius 1 is 1.41 bits per heavy atom. The lowest BCUT2D eigenvalue weighted by Gasteiger charge is -2.13. The minimum absolute atomic E-state index is 0.250. The Bertz CT molecular complexity index is 1070. The summed E-state index contributed by atoms with van der Waals surface area (Å²) in [7, 11) is 3.33. The molecule has 3 aromatic rings. The van der Waals surface area contributed by atoms with E-state index >= 15 is 0 Å². The Balaban J connectivity index is 2.21. The lowest BCUT2D eigenvalue weighted by molar-refractivity contribution is 0.341. The number of fused-ring (bicyclic) bond motifs is 1. The number of nitrogens with two attached hydrogens (primary N) is 1. The van der Waals surface area contributed by atoms with Crippen LogP contribution >= 0.6 is 0 Å². The van der Waals surface area contributed by atoms with Crippen molar-refractivity contribution in [2.24, 2.45) is 17.8 Å². The first kappa shape index (κ1) is 18.4. The third-order valence-electron chi connectivity index (χ3n) is 4.15. The van der Waals surface area contributed by atoms with Crippen molar-refractivity contribution in [1.82, 2.24) is 19.7 Å². The Morgan fingerprint density at radius 2 is 2.19 bits per heavy atom. The molecule has 0 atom stereocenters. The molecule has 3 rings (SSSR count). The first-order chi connectivity index (χ1) is 13.0. The molecule has 0 bridgehead atoms. The number of H-pyrrole nitrogens is 1. The Hall–Kier alpha value is -3.36. The van der Waals surface area contributed by atoms with E-state index in [9.17, 15) is 4.79 Å². The fourth-order valence-electron chi connectivity index (χ4n) is 2.89. The molecular weight excluding hydrogens is 346 g/mol. The van der Waals surface area contributed by atoms with Crippen LogP contribution < -0.4 is 21.3 Å². The molecule has 0 saturated heterocycles. The molecule has 0 spiro atoms. The summed E-state index contributed by atoms with van der Waals surface area (Å²) >= 11 is 0. The maximum Gasteiger partial charge on any atom is 0.277 e. The number of ether oxygens (including phenoxy) is 1. The van der Waals surface area contributed by atoms with E-state index in [1.54, 1.807) is 24.8 Å². The molecule has 9 heteroatoms. The molecular formula is C18H23N7O2. The van der Waals surface area contributed by atoms with Gasteiger partial charge in [-0.3, -0.25) is 14.5 Å². The molecule has 0 aliphatic rings. The number of rotatable bonds is 5. The predicted molar refractivity (Wildman–Crippen MR) is 106 cm³/mol. The highest BCUT2D eigenvalue weighted by molar-refractivity contribution is 5.93. The molecule has 0 aliphatic carbocycles. The molecule has 0 unspecified atom stereocenters. The van der Waals surface area contributed by atoms with Crippen LogP contribution in [0.3, 0.4) is 0 Å². The Labute approximate surface area is 156 Å². The van der Waals surface area contributed by atoms with E-state index in [1.165, 1.54) is 0 Å². The monoisotopic (exact) mass is 369 g/mol. The van der Waals surface area contributed by atoms with Crippen molar-refractivity contribution in [3.8, 4) is 17.1 Å². The van der Waals surface area contributed by atoms with Crippen LogP contribution in [0.4, 0.5) is 5.69 Å². The number of anilines is 1. The zero-order valence-corrected chi connectivity index (χ0v) is 15.8. The van der Waals surface area contributed by atoms with Gasteiger partial charge in [-0.1, -0.05) is 6.92 Å². The average Bonchev–Trinajstić information content (AvgIpc) is 2.99. The van der Waals surface area contributed by atoms with Crippen LogP contribution in [0.25, 0.3) is 22.4 Å². The quantitative estimate of drug-likeness (QED) is 0.464. The lowest BCUT2D eigenvalue weighted by atomic mass is 10.1. The molecule has 4 N–H and O–H groups in total. The van der Waals surface area contributed by atoms with Crippen molar-refractivity contribution >= 4 is 22.7 Å². The van der Waals surface area contributed by atoms with Crippen molar-refractivity contribution < 1.29 is 4.74 Å². The zero-order chi connectivity index (χ0) is 19.6. The van der Waals surface area contributed by atoms with E-state index in [-0.39, 0.29) is 11.5 Å². The van der Waals surface area contributed by atoms with E-state index in [1.807, 2.05) is 26.0 Å². The molecule has 27 heavy (non-hydrogen) atoms. The molecule has 2 heterocycles. The maximum atomic E-state index is 12.6. The van der Waals surface area contributed by atoms with Gasteiger partial charge in [0.05, 0.1) is 17.9 Å². The third kappa shape index (κ3) is 3.48. The normalized spacial score (nSPS) is 11.8. The summed E-state index contributed by atoms with van der Waals surface area (Å²) in [5.41, 5.74) is 8.67. The van der Waals surface area contributed by atoms with Crippen molar-refractivity contribution in [3.63, 3.8) is 0 Å². The van der Waals surface area contributed by atoms with Crippen molar-refractivity contribution in [3.05, 3.63) is 34.2 Å². The summed E-state index contributed by atoms with van der Waals surface area (Å²) in [6.45, 7) is 4.36. The van der Waals surface area contributed by atoms with E-state index in [2.05, 4.69) is 25.4 Å². The fourth-order valence-corrected chi connectivity index (χ4v) is 2.89. The van der Waals surface area contributed by atoms with Crippen LogP contribution in [0, 0.1) is 0 Å². The molecule has 0 fully saturated rings. The number of guanidine groups is 1. The smallest absolute Gasteiger partial charge is 0.277 e. The van der Waals surface area contributed by atoms with Crippen LogP contribution in [-0.4, -0.2) is 39.4 Å². The topological polar surface area (TPSA) is 123 Å². The lowest BCUT2D eigenvalue weighted by Crippen LogP contribution is -2.22. The molecule has 0 radical (unpaired) electrons. The van der Waals surface area contributed by atoms with E-state index in [4.69, 9.17) is 10.5 Å². The highest BCUT2D eigenvalue weighted by Gasteiger charge is 2.17. The van der Waals surface area contributed by atoms with Gasteiger partial charge in [-0.05, 0) is 31.5 Å². The number of nitrogens with one attached hydrogen (secondary N) is 2. The first-order valence-corrected chi connectivity index (χ1v) is 8.70. The fraction of sp³-hybridized carbons (Fsp3) is 0.333. The second kappa shape index (κ2) is 7.48. The molecule has 1 aromatic carbocycles. The molecule has 2 aromatic heterocycles. The van der Waals surface area contributed by atoms with Gasteiger partial charge in [0.2, 0.25) is 0 Å². The first-order valence-electron chi connectivity index (χ1n) is 8.70. The summed E-state index contributed by atoms with van der Waals surface area (Å²) in [4.78, 5) is 24.1. The summed E-state index contributed by atoms with van der Waals surface area (Å²) < 4.78 is 7.28. The summed E-state index contributed by atoms with van der Waals surface area (Å²) in [6, 6.07) is 5.44. The predicted octanol–water partition coefficient (Wildman–Crippen LogP) is 1.64. The summed E-state index contributed by atoms with van der Waals surface area (Å²) in [6.07, 6.45) is 0.677. The average molecular weight is 369 g/mol. The van der Waals surface area contributed by atoms with Crippen LogP contribution in [-0.2, 0) is 13.5 Å². The van der Waals surface area contributed by atoms with E-state index in [0.717, 1.165) is 5.69 Å². The van der Waals surface area contributed by atoms with Gasteiger partial charge in [0.1, 0.15) is 17.1 Å². The number of aryl methyl sites for hydroxylation is 2. The highest BCUT2D eigenvalue weighted by Crippen LogP contribution is 2.31. The van der Waals surface area contributed by atoms with Gasteiger partial charge in [0.25, 0.3) is 5.56 Å². The van der Waals surface area contributed by atoms with Crippen molar-refractivity contribution in [2.75, 3.05) is 19.0 Å². The second-order valence-electron chi connectivity index (χ2n) is 5.91. The number of aliphatic imine (C=N–C) groups is 1. The number of aromatic amines is 1. The second-order valence-corrected chi connectivity index (χ2v) is 5.91. The SMILES string of the molecule is CCOc1ccc(NC(N)=NC)cc1-c1nc2c(CC)nn(C)c2c(=O)[nH]1. The van der Waals surface area contributed by atoms with Gasteiger partial charge in [-0.15, -0.1) is 0 Å². The van der Waals surface area contributed by atoms with Gasteiger partial charge >= 0.3 is 0 Å². The molecule has 0 aliphatic heterocycles. The highest BCUT2D eigenvalue weighted by atomic mass is 16.5. The van der Waals surface area contributed by atoms with Gasteiger partial charge < -0.3 is 20.8 Å². The molecule has 0 amide bonds. The molecule has 9 nitrogen and oxygen atoms in total. The number of hydrogen-bond acceptors (Lipinski definition) is 5. The van der Waals surface area contributed by atoms with Crippen LogP contribution in [0.5, 0.6) is 5.75 Å². The van der Waals surface area contributed by atoms with Crippen molar-refractivity contribution in [1.29, 1.82) is 0 Å². The largest absolute Gasteiger partial charge is 0.493 e. The minimum atomic E-state index is -0.250. The molecule has 0 saturated carbocycles. The number of hydrogen-bond donors (Lipinski definition) is 3. The van der Waals surface area contributed by atoms with Gasteiger partial charge in [-0.25, -0.2) is 4.98 Å². The minimum Gasteiger partial charge on any atom is -0.493 e. The van der Waals surface area contributed by atoms with E-state index in [0.29, 0.717) is 46.9 Å². The number of benzene rings is 1. The summed E-state index contributed by atoms with van der Waals surface area (Å²) in [5, 5.41) is 7.37. The number of aromatic nitrogens is 4. The van der Waals surface area contributed by atoms with Crippen LogP contribution in [0.15, 0.2) is 28.0 Å². The Morgan fingerprint density at radius 3 is 2.85 bits per heavy atom.